The van der Waals surface area contributed by atoms with Gasteiger partial charge in [-0.05, 0) is 85.1 Å². The smallest absolute Gasteiger partial charge is 0.548 e. The van der Waals surface area contributed by atoms with E-state index in [1.54, 1.807) is 72.8 Å². The van der Waals surface area contributed by atoms with Crippen molar-refractivity contribution in [2.24, 2.45) is 4.99 Å². The average Bonchev–Trinajstić information content (AvgIpc) is 3.81. The van der Waals surface area contributed by atoms with Crippen molar-refractivity contribution in [3.8, 4) is 22.9 Å². The molecule has 276 valence electrons. The van der Waals surface area contributed by atoms with Crippen LogP contribution < -0.4 is 93.9 Å². The number of aliphatic imine (C=N–C) groups is 1. The van der Waals surface area contributed by atoms with Gasteiger partial charge in [0, 0.05) is 43.3 Å². The number of nitrogens with zero attached hydrogens (tertiary/aromatic N) is 9. The molecule has 2 heterocycles. The Balaban J connectivity index is 0.00000348. The Morgan fingerprint density at radius 2 is 1.32 bits per heavy atom. The first-order valence-corrected chi connectivity index (χ1v) is 16.7. The summed E-state index contributed by atoms with van der Waals surface area (Å²) in [7, 11) is 2.90. The number of tetrazole rings is 2. The van der Waals surface area contributed by atoms with Crippen molar-refractivity contribution in [3.05, 3.63) is 107 Å². The maximum Gasteiger partial charge on any atom is 1.00 e. The predicted octanol–water partition coefficient (Wildman–Crippen LogP) is -4.03. The number of benzene rings is 4. The van der Waals surface area contributed by atoms with Crippen molar-refractivity contribution < 1.29 is 88.4 Å². The van der Waals surface area contributed by atoms with Gasteiger partial charge in [0.2, 0.25) is 9.54 Å². The van der Waals surface area contributed by atoms with Gasteiger partial charge in [-0.1, -0.05) is 44.9 Å². The summed E-state index contributed by atoms with van der Waals surface area (Å²) in [5.41, 5.74) is 3.18. The van der Waals surface area contributed by atoms with Crippen molar-refractivity contribution in [2.75, 3.05) is 35.9 Å². The molecule has 2 aromatic heterocycles. The van der Waals surface area contributed by atoms with Gasteiger partial charge in [0.05, 0.1) is 41.1 Å². The van der Waals surface area contributed by atoms with Crippen molar-refractivity contribution in [2.45, 2.75) is 12.1 Å². The Hall–Kier alpha value is -4.93. The summed E-state index contributed by atoms with van der Waals surface area (Å²) in [6.45, 7) is 0.0473. The van der Waals surface area contributed by atoms with Crippen LogP contribution in [0, 0.1) is 9.54 Å². The van der Waals surface area contributed by atoms with Gasteiger partial charge < -0.3 is 44.4 Å². The number of hydrogen-bond donors (Lipinski definition) is 3. The molecule has 22 heteroatoms. The number of aromatic amines is 2. The number of ether oxygens (including phenoxy) is 2. The Kier molecular flexibility index (Phi) is 15.9. The molecule has 0 fully saturated rings. The first-order chi connectivity index (χ1) is 26.1. The van der Waals surface area contributed by atoms with E-state index in [0.717, 1.165) is 5.69 Å². The second-order valence-electron chi connectivity index (χ2n) is 11.5. The molecule has 6 rings (SSSR count). The molecule has 0 aliphatic carbocycles. The number of carbonyl (C=O) groups is 2. The van der Waals surface area contributed by atoms with Crippen LogP contribution in [-0.4, -0.2) is 91.7 Å². The van der Waals surface area contributed by atoms with E-state index >= 15 is 0 Å². The molecule has 0 aliphatic rings. The zero-order valence-corrected chi connectivity index (χ0v) is 36.1. The van der Waals surface area contributed by atoms with Crippen LogP contribution in [0.2, 0.25) is 0 Å². The molecule has 4 aromatic carbocycles. The van der Waals surface area contributed by atoms with Gasteiger partial charge in [0.25, 0.3) is 0 Å². The molecule has 2 unspecified atom stereocenters. The summed E-state index contributed by atoms with van der Waals surface area (Å²) in [6.07, 6.45) is 1.22. The summed E-state index contributed by atoms with van der Waals surface area (Å²) in [6, 6.07) is 23.9. The normalized spacial score (nSPS) is 11.8. The standard InChI is InChI=1S/C34H32N12O6S2.2Na/c1-43(23-9-3-7-21(15-23)35-19-52-28-14-6-12-26(18-28)46-34(54)38-40-42-46)29(31(47)48)30(32(49)50)44(2)24-10-5-13-27(17-24)51-20-36-22-8-4-11-25(16-22)45-33(53)37-39-41-45;;/h3-19,29-30,36H,20H2,1-2H3,(H,47,48)(H,49,50)(H,37,41,53)(H,38,42,54);;/q;2*+1/p-2. The maximum atomic E-state index is 12.6. The van der Waals surface area contributed by atoms with E-state index in [0.29, 0.717) is 39.9 Å². The third-order valence-electron chi connectivity index (χ3n) is 8.11. The van der Waals surface area contributed by atoms with Crippen molar-refractivity contribution in [1.82, 2.24) is 40.4 Å². The second-order valence-corrected chi connectivity index (χ2v) is 12.2. The molecule has 0 spiro atoms. The van der Waals surface area contributed by atoms with Crippen molar-refractivity contribution >= 4 is 65.5 Å². The van der Waals surface area contributed by atoms with Gasteiger partial charge in [-0.2, -0.15) is 10.4 Å². The van der Waals surface area contributed by atoms with E-state index < -0.39 is 24.0 Å². The fraction of sp³-hybridized carbons (Fsp3) is 0.147. The number of hydrogen-bond acceptors (Lipinski definition) is 16. The van der Waals surface area contributed by atoms with Gasteiger partial charge in [-0.25, -0.2) is 14.4 Å². The second kappa shape index (κ2) is 20.3. The molecule has 6 aromatic rings. The predicted molar refractivity (Wildman–Crippen MR) is 198 cm³/mol. The number of aromatic nitrogens is 8. The van der Waals surface area contributed by atoms with Gasteiger partial charge in [0.15, 0.2) is 13.1 Å². The molecular weight excluding hydrogens is 783 g/mol. The summed E-state index contributed by atoms with van der Waals surface area (Å²) in [5, 5.41) is 48.6. The maximum absolute atomic E-state index is 12.6. The molecule has 0 saturated carbocycles. The van der Waals surface area contributed by atoms with Crippen LogP contribution in [0.4, 0.5) is 22.7 Å². The van der Waals surface area contributed by atoms with Crippen LogP contribution >= 0.6 is 24.4 Å². The molecule has 0 radical (unpaired) electrons. The summed E-state index contributed by atoms with van der Waals surface area (Å²) < 4.78 is 15.1. The fourth-order valence-corrected chi connectivity index (χ4v) is 5.81. The third-order valence-corrected chi connectivity index (χ3v) is 8.64. The molecule has 0 saturated heterocycles. The van der Waals surface area contributed by atoms with E-state index in [-0.39, 0.29) is 75.4 Å². The molecule has 0 aliphatic heterocycles. The molecule has 0 bridgehead atoms. The van der Waals surface area contributed by atoms with Crippen LogP contribution in [0.25, 0.3) is 11.4 Å². The third kappa shape index (κ3) is 10.7. The molecule has 56 heavy (non-hydrogen) atoms. The summed E-state index contributed by atoms with van der Waals surface area (Å²) >= 11 is 10.3. The molecule has 18 nitrogen and oxygen atoms in total. The van der Waals surface area contributed by atoms with Crippen LogP contribution in [0.3, 0.4) is 0 Å². The van der Waals surface area contributed by atoms with Gasteiger partial charge in [-0.15, -0.1) is 0 Å². The van der Waals surface area contributed by atoms with Gasteiger partial charge in [-0.3, -0.25) is 0 Å². The zero-order chi connectivity index (χ0) is 38.2. The Labute approximate surface area is 373 Å². The minimum Gasteiger partial charge on any atom is -0.548 e. The molecule has 3 N–H and O–H groups in total. The van der Waals surface area contributed by atoms with Crippen LogP contribution in [0.5, 0.6) is 11.5 Å². The molecule has 2 atom stereocenters. The Morgan fingerprint density at radius 1 is 0.786 bits per heavy atom. The largest absolute Gasteiger partial charge is 1.00 e. The number of carboxylic acid groups (broad SMARTS) is 2. The Morgan fingerprint density at radius 3 is 1.91 bits per heavy atom. The monoisotopic (exact) mass is 812 g/mol. The van der Waals surface area contributed by atoms with Crippen LogP contribution in [0.1, 0.15) is 0 Å². The fourth-order valence-electron chi connectivity index (χ4n) is 5.44. The zero-order valence-electron chi connectivity index (χ0n) is 30.5. The summed E-state index contributed by atoms with van der Waals surface area (Å²) in [4.78, 5) is 32.1. The average molecular weight is 813 g/mol. The number of aliphatic carboxylic acids is 2. The van der Waals surface area contributed by atoms with E-state index in [2.05, 4.69) is 41.4 Å². The SMILES string of the molecule is CN(c1cccc(N=COc2cccc(-n3[nH]nnc3=S)c2)c1)C(C(=O)[O-])C(C(=O)[O-])N(C)c1cccc(OCNc2cccc(-n3[nH]nnc3=S)c2)c1.[Na+].[Na+]. The minimum atomic E-state index is -1.70. The van der Waals surface area contributed by atoms with Gasteiger partial charge >= 0.3 is 59.1 Å². The topological polar surface area (TPSA) is 223 Å². The number of likely N-dealkylation sites (N-methyl/N-ethyl adjacent to an activating group) is 2. The van der Waals surface area contributed by atoms with Crippen LogP contribution in [0.15, 0.2) is 102 Å². The van der Waals surface area contributed by atoms with Crippen LogP contribution in [-0.2, 0) is 9.59 Å². The number of H-pyrrole nitrogens is 2. The number of carbonyl (C=O) groups excluding carboxylic acids is 2. The number of carboxylic acids is 2. The van der Waals surface area contributed by atoms with E-state index in [9.17, 15) is 19.8 Å². The van der Waals surface area contributed by atoms with Crippen molar-refractivity contribution in [1.29, 1.82) is 0 Å². The molecular formula is C34H30N12Na2O6S2. The number of anilines is 3. The van der Waals surface area contributed by atoms with Crippen molar-refractivity contribution in [3.63, 3.8) is 0 Å². The van der Waals surface area contributed by atoms with E-state index in [1.807, 2.05) is 24.3 Å². The summed E-state index contributed by atoms with van der Waals surface area (Å²) in [5.74, 6) is -2.42. The number of nitrogens with one attached hydrogen (secondary N) is 3. The first-order valence-electron chi connectivity index (χ1n) is 15.9. The molecule has 0 amide bonds. The first kappa shape index (κ1) is 43.8. The minimum absolute atomic E-state index is 0. The van der Waals surface area contributed by atoms with E-state index in [1.165, 1.54) is 39.7 Å². The quantitative estimate of drug-likeness (QED) is 0.0279. The Bertz CT molecular complexity index is 2420. The number of rotatable bonds is 16. The van der Waals surface area contributed by atoms with E-state index in [4.69, 9.17) is 33.9 Å². The van der Waals surface area contributed by atoms with Gasteiger partial charge in [0.1, 0.15) is 11.5 Å².